The third-order valence-electron chi connectivity index (χ3n) is 8.04. The molecule has 2 aromatic heterocycles. The van der Waals surface area contributed by atoms with Gasteiger partial charge >= 0.3 is 12.1 Å². The highest BCUT2D eigenvalue weighted by molar-refractivity contribution is 6.35. The van der Waals surface area contributed by atoms with Gasteiger partial charge in [0.2, 0.25) is 11.8 Å². The van der Waals surface area contributed by atoms with Crippen molar-refractivity contribution < 1.29 is 32.3 Å². The van der Waals surface area contributed by atoms with E-state index >= 15 is 0 Å². The summed E-state index contributed by atoms with van der Waals surface area (Å²) >= 11 is 6.38. The number of nitrogens with zero attached hydrogens (tertiary/aromatic N) is 4. The van der Waals surface area contributed by atoms with Crippen molar-refractivity contribution in [2.45, 2.75) is 84.3 Å². The number of hydrogen-bond donors (Lipinski definition) is 2. The number of pyridine rings is 1. The lowest BCUT2D eigenvalue weighted by atomic mass is 9.80. The van der Waals surface area contributed by atoms with Gasteiger partial charge in [-0.05, 0) is 38.0 Å². The molecule has 2 fully saturated rings. The third kappa shape index (κ3) is 7.33. The van der Waals surface area contributed by atoms with E-state index < -0.39 is 24.2 Å². The summed E-state index contributed by atoms with van der Waals surface area (Å²) in [5.74, 6) is -2.78. The molecule has 1 aliphatic heterocycles. The van der Waals surface area contributed by atoms with Crippen molar-refractivity contribution in [1.29, 1.82) is 5.26 Å². The Morgan fingerprint density at radius 1 is 1.29 bits per heavy atom. The van der Waals surface area contributed by atoms with Crippen LogP contribution in [0, 0.1) is 22.7 Å². The van der Waals surface area contributed by atoms with Crippen LogP contribution in [-0.2, 0) is 25.7 Å². The van der Waals surface area contributed by atoms with Crippen molar-refractivity contribution in [2.75, 3.05) is 13.2 Å². The highest BCUT2D eigenvalue weighted by atomic mass is 35.5. The van der Waals surface area contributed by atoms with E-state index in [0.29, 0.717) is 30.3 Å². The molecular formula is C28H36ClF3N6O4. The first-order chi connectivity index (χ1) is 19.5. The number of likely N-dealkylation sites (tertiary alicyclic amines) is 1. The van der Waals surface area contributed by atoms with Crippen molar-refractivity contribution in [3.8, 4) is 6.07 Å². The van der Waals surface area contributed by atoms with Gasteiger partial charge in [0, 0.05) is 42.6 Å². The molecule has 2 aliphatic rings. The molecule has 2 unspecified atom stereocenters. The van der Waals surface area contributed by atoms with Gasteiger partial charge in [-0.15, -0.1) is 0 Å². The quantitative estimate of drug-likeness (QED) is 0.456. The van der Waals surface area contributed by atoms with E-state index in [1.807, 2.05) is 25.3 Å². The number of hydrogen-bond acceptors (Lipinski definition) is 6. The van der Waals surface area contributed by atoms with Crippen LogP contribution in [0.1, 0.15) is 65.5 Å². The lowest BCUT2D eigenvalue weighted by Gasteiger charge is -2.28. The maximum atomic E-state index is 13.6. The summed E-state index contributed by atoms with van der Waals surface area (Å²) in [5.41, 5.74) is 4.83. The van der Waals surface area contributed by atoms with Gasteiger partial charge in [-0.2, -0.15) is 18.4 Å². The van der Waals surface area contributed by atoms with Crippen LogP contribution in [0.4, 0.5) is 13.2 Å². The number of alkyl halides is 3. The molecule has 0 bridgehead atoms. The Morgan fingerprint density at radius 3 is 2.43 bits per heavy atom. The standard InChI is InChI=1S/C26H34ClN5O3.C2H2F3NO/c1-6-31-14-19(27)17-12-29-13-18(23(17)31)20(11-28)30-24(34)22-16(2)25(3,4)15-32(22)21(33)7-10-35-26(5)8-9-26;3-2(4,5)1(6)7/h12-14,16,20,22H,6-10,15H2,1-5H3,(H,30,34);(H2,6,7)/t16?,20?,22-;/m0./s1. The molecule has 2 aromatic rings. The molecule has 3 amide bonds. The van der Waals surface area contributed by atoms with Gasteiger partial charge < -0.3 is 25.3 Å². The van der Waals surface area contributed by atoms with Gasteiger partial charge in [0.05, 0.1) is 35.2 Å². The maximum absolute atomic E-state index is 13.6. The van der Waals surface area contributed by atoms with Crippen LogP contribution < -0.4 is 11.1 Å². The summed E-state index contributed by atoms with van der Waals surface area (Å²) in [6, 6.07) is 0.613. The topological polar surface area (TPSA) is 143 Å². The molecule has 42 heavy (non-hydrogen) atoms. The van der Waals surface area contributed by atoms with Gasteiger partial charge in [0.25, 0.3) is 0 Å². The molecule has 3 heterocycles. The van der Waals surface area contributed by atoms with Crippen molar-refractivity contribution in [3.63, 3.8) is 0 Å². The van der Waals surface area contributed by atoms with Gasteiger partial charge in [-0.25, -0.2) is 0 Å². The number of nitriles is 1. The smallest absolute Gasteiger partial charge is 0.375 e. The number of halogens is 4. The second kappa shape index (κ2) is 12.5. The van der Waals surface area contributed by atoms with Crippen LogP contribution in [0.25, 0.3) is 10.9 Å². The Kier molecular flexibility index (Phi) is 9.84. The number of fused-ring (bicyclic) bond motifs is 1. The van der Waals surface area contributed by atoms with Crippen LogP contribution in [0.2, 0.25) is 5.02 Å². The zero-order valence-corrected chi connectivity index (χ0v) is 25.0. The van der Waals surface area contributed by atoms with Crippen LogP contribution >= 0.6 is 11.6 Å². The highest BCUT2D eigenvalue weighted by Crippen LogP contribution is 2.41. The maximum Gasteiger partial charge on any atom is 0.470 e. The normalized spacial score (nSPS) is 21.2. The average Bonchev–Trinajstić information content (AvgIpc) is 3.47. The number of amides is 3. The SMILES string of the molecule is CCn1cc(Cl)c2cncc(C(C#N)NC(=O)[C@@H]3C(C)C(C)(C)CN3C(=O)CCOC3(C)CC3)c21.NC(=O)C(F)(F)F. The fourth-order valence-electron chi connectivity index (χ4n) is 4.94. The minimum absolute atomic E-state index is 0.0875. The molecule has 0 radical (unpaired) electrons. The molecule has 1 saturated heterocycles. The fourth-order valence-corrected chi connectivity index (χ4v) is 5.20. The summed E-state index contributed by atoms with van der Waals surface area (Å²) < 4.78 is 39.9. The first-order valence-corrected chi connectivity index (χ1v) is 14.0. The molecular weight excluding hydrogens is 577 g/mol. The number of nitrogens with one attached hydrogen (secondary N) is 1. The predicted octanol–water partition coefficient (Wildman–Crippen LogP) is 4.26. The van der Waals surface area contributed by atoms with Crippen molar-refractivity contribution in [2.24, 2.45) is 17.1 Å². The minimum atomic E-state index is -4.86. The summed E-state index contributed by atoms with van der Waals surface area (Å²) in [7, 11) is 0. The number of aromatic nitrogens is 2. The molecule has 1 saturated carbocycles. The monoisotopic (exact) mass is 612 g/mol. The van der Waals surface area contributed by atoms with Crippen molar-refractivity contribution in [3.05, 3.63) is 29.2 Å². The second-order valence-corrected chi connectivity index (χ2v) is 12.0. The highest BCUT2D eigenvalue weighted by Gasteiger charge is 2.50. The number of rotatable bonds is 8. The Bertz CT molecular complexity index is 1380. The predicted molar refractivity (Wildman–Crippen MR) is 149 cm³/mol. The van der Waals surface area contributed by atoms with Crippen molar-refractivity contribution >= 4 is 40.2 Å². The average molecular weight is 613 g/mol. The molecule has 4 rings (SSSR count). The zero-order valence-electron chi connectivity index (χ0n) is 24.2. The van der Waals surface area contributed by atoms with Crippen LogP contribution in [-0.4, -0.2) is 63.1 Å². The third-order valence-corrected chi connectivity index (χ3v) is 8.34. The molecule has 3 N–H and O–H groups in total. The molecule has 14 heteroatoms. The largest absolute Gasteiger partial charge is 0.470 e. The number of nitrogens with two attached hydrogens (primary N) is 1. The summed E-state index contributed by atoms with van der Waals surface area (Å²) in [6.45, 7) is 11.6. The Balaban J connectivity index is 0.000000616. The van der Waals surface area contributed by atoms with Gasteiger partial charge in [0.1, 0.15) is 12.1 Å². The number of carbonyl (C=O) groups excluding carboxylic acids is 3. The van der Waals surface area contributed by atoms with E-state index in [9.17, 15) is 28.0 Å². The molecule has 0 aromatic carbocycles. The van der Waals surface area contributed by atoms with E-state index in [-0.39, 0.29) is 35.2 Å². The summed E-state index contributed by atoms with van der Waals surface area (Å²) in [4.78, 5) is 41.8. The van der Waals surface area contributed by atoms with E-state index in [1.54, 1.807) is 23.5 Å². The lowest BCUT2D eigenvalue weighted by Crippen LogP contribution is -2.49. The minimum Gasteiger partial charge on any atom is -0.375 e. The van der Waals surface area contributed by atoms with E-state index in [4.69, 9.17) is 21.1 Å². The van der Waals surface area contributed by atoms with Gasteiger partial charge in [0.15, 0.2) is 0 Å². The first kappa shape index (κ1) is 33.1. The molecule has 10 nitrogen and oxygen atoms in total. The number of carbonyl (C=O) groups is 3. The zero-order chi connectivity index (χ0) is 31.6. The van der Waals surface area contributed by atoms with Crippen LogP contribution in [0.15, 0.2) is 18.6 Å². The van der Waals surface area contributed by atoms with E-state index in [0.717, 1.165) is 23.7 Å². The summed E-state index contributed by atoms with van der Waals surface area (Å²) in [5, 5.41) is 14.2. The fraction of sp³-hybridized carbons (Fsp3) is 0.607. The number of ether oxygens (including phenoxy) is 1. The first-order valence-electron chi connectivity index (χ1n) is 13.6. The Morgan fingerprint density at radius 2 is 1.90 bits per heavy atom. The van der Waals surface area contributed by atoms with Crippen LogP contribution in [0.3, 0.4) is 0 Å². The van der Waals surface area contributed by atoms with Crippen LogP contribution in [0.5, 0.6) is 0 Å². The lowest BCUT2D eigenvalue weighted by molar-refractivity contribution is -0.169. The molecule has 1 aliphatic carbocycles. The Labute approximate surface area is 247 Å². The Hall–Kier alpha value is -3.37. The second-order valence-electron chi connectivity index (χ2n) is 11.6. The van der Waals surface area contributed by atoms with Gasteiger partial charge in [-0.1, -0.05) is 32.4 Å². The molecule has 230 valence electrons. The van der Waals surface area contributed by atoms with E-state index in [1.165, 1.54) is 0 Å². The van der Waals surface area contributed by atoms with E-state index in [2.05, 4.69) is 36.0 Å². The van der Waals surface area contributed by atoms with Crippen molar-refractivity contribution in [1.82, 2.24) is 19.8 Å². The summed E-state index contributed by atoms with van der Waals surface area (Å²) in [6.07, 6.45) is 2.47. The molecule has 3 atom stereocenters. The number of aryl methyl sites for hydroxylation is 1. The molecule has 0 spiro atoms. The number of primary amides is 1. The van der Waals surface area contributed by atoms with Gasteiger partial charge in [-0.3, -0.25) is 19.4 Å².